The number of hydrogen-bond donors (Lipinski definition) is 2. The van der Waals surface area contributed by atoms with Gasteiger partial charge in [-0.25, -0.2) is 0 Å². The third kappa shape index (κ3) is 3.68. The van der Waals surface area contributed by atoms with Crippen LogP contribution >= 0.6 is 0 Å². The number of benzene rings is 3. The van der Waals surface area contributed by atoms with E-state index in [1.165, 1.54) is 16.3 Å². The Hall–Kier alpha value is -2.98. The SMILES string of the molecule is CCOc1ccc2[nH]c(-c3ccc4ccccc4c3OC)c(CCCCN)c2c1. The Kier molecular flexibility index (Phi) is 5.72. The summed E-state index contributed by atoms with van der Waals surface area (Å²) >= 11 is 0. The van der Waals surface area contributed by atoms with Crippen molar-refractivity contribution in [2.24, 2.45) is 5.73 Å². The summed E-state index contributed by atoms with van der Waals surface area (Å²) in [5.74, 6) is 1.80. The summed E-state index contributed by atoms with van der Waals surface area (Å²) in [6.45, 7) is 3.37. The van der Waals surface area contributed by atoms with Crippen molar-refractivity contribution in [2.45, 2.75) is 26.2 Å². The average molecular weight is 389 g/mol. The maximum Gasteiger partial charge on any atom is 0.136 e. The highest BCUT2D eigenvalue weighted by Gasteiger charge is 2.18. The van der Waals surface area contributed by atoms with Gasteiger partial charge in [-0.3, -0.25) is 0 Å². The molecule has 0 aliphatic heterocycles. The lowest BCUT2D eigenvalue weighted by molar-refractivity contribution is 0.340. The predicted molar refractivity (Wildman–Crippen MR) is 121 cm³/mol. The van der Waals surface area contributed by atoms with Gasteiger partial charge in [0.05, 0.1) is 19.4 Å². The topological polar surface area (TPSA) is 60.3 Å². The van der Waals surface area contributed by atoms with Crippen LogP contribution in [0.4, 0.5) is 0 Å². The first-order chi connectivity index (χ1) is 14.3. The molecule has 0 radical (unpaired) electrons. The molecule has 4 aromatic rings. The Morgan fingerprint density at radius 1 is 0.966 bits per heavy atom. The monoisotopic (exact) mass is 388 g/mol. The molecule has 29 heavy (non-hydrogen) atoms. The summed E-state index contributed by atoms with van der Waals surface area (Å²) in [6.07, 6.45) is 3.01. The van der Waals surface area contributed by atoms with Crippen LogP contribution in [-0.4, -0.2) is 25.2 Å². The van der Waals surface area contributed by atoms with Crippen LogP contribution in [0, 0.1) is 0 Å². The van der Waals surface area contributed by atoms with E-state index >= 15 is 0 Å². The lowest BCUT2D eigenvalue weighted by Crippen LogP contribution is -1.99. The van der Waals surface area contributed by atoms with Crippen molar-refractivity contribution in [1.29, 1.82) is 0 Å². The number of H-pyrrole nitrogens is 1. The quantitative estimate of drug-likeness (QED) is 0.382. The molecule has 0 unspecified atom stereocenters. The van der Waals surface area contributed by atoms with Crippen LogP contribution in [0.1, 0.15) is 25.3 Å². The summed E-state index contributed by atoms with van der Waals surface area (Å²) in [7, 11) is 1.75. The molecule has 1 heterocycles. The number of ether oxygens (including phenoxy) is 2. The second-order valence-corrected chi connectivity index (χ2v) is 7.23. The van der Waals surface area contributed by atoms with Gasteiger partial charge >= 0.3 is 0 Å². The number of aryl methyl sites for hydroxylation is 1. The van der Waals surface area contributed by atoms with Crippen molar-refractivity contribution in [3.8, 4) is 22.8 Å². The number of nitrogens with one attached hydrogen (secondary N) is 1. The summed E-state index contributed by atoms with van der Waals surface area (Å²) in [5, 5.41) is 3.50. The molecule has 0 aliphatic rings. The largest absolute Gasteiger partial charge is 0.495 e. The van der Waals surface area contributed by atoms with E-state index in [1.54, 1.807) is 7.11 Å². The molecule has 0 aliphatic carbocycles. The first-order valence-corrected chi connectivity index (χ1v) is 10.3. The van der Waals surface area contributed by atoms with Crippen molar-refractivity contribution in [1.82, 2.24) is 4.98 Å². The molecule has 1 aromatic heterocycles. The number of hydrogen-bond acceptors (Lipinski definition) is 3. The third-order valence-corrected chi connectivity index (χ3v) is 5.42. The summed E-state index contributed by atoms with van der Waals surface area (Å²) in [5.41, 5.74) is 10.4. The number of rotatable bonds is 8. The molecule has 4 rings (SSSR count). The molecule has 0 amide bonds. The Morgan fingerprint density at radius 3 is 2.62 bits per heavy atom. The van der Waals surface area contributed by atoms with Gasteiger partial charge in [-0.2, -0.15) is 0 Å². The van der Waals surface area contributed by atoms with Gasteiger partial charge in [-0.05, 0) is 67.9 Å². The maximum absolute atomic E-state index is 5.89. The van der Waals surface area contributed by atoms with Crippen LogP contribution in [0.15, 0.2) is 54.6 Å². The molecule has 0 fully saturated rings. The molecule has 0 saturated carbocycles. The molecule has 150 valence electrons. The average Bonchev–Trinajstić information content (AvgIpc) is 3.11. The number of nitrogens with two attached hydrogens (primary N) is 1. The van der Waals surface area contributed by atoms with Crippen LogP contribution in [0.3, 0.4) is 0 Å². The van der Waals surface area contributed by atoms with E-state index in [4.69, 9.17) is 15.2 Å². The molecule has 4 nitrogen and oxygen atoms in total. The van der Waals surface area contributed by atoms with E-state index in [9.17, 15) is 0 Å². The van der Waals surface area contributed by atoms with E-state index in [0.29, 0.717) is 13.2 Å². The van der Waals surface area contributed by atoms with Gasteiger partial charge < -0.3 is 20.2 Å². The van der Waals surface area contributed by atoms with Crippen LogP contribution < -0.4 is 15.2 Å². The van der Waals surface area contributed by atoms with Crippen molar-refractivity contribution in [3.05, 3.63) is 60.2 Å². The number of fused-ring (bicyclic) bond motifs is 2. The maximum atomic E-state index is 5.89. The minimum Gasteiger partial charge on any atom is -0.495 e. The highest BCUT2D eigenvalue weighted by atomic mass is 16.5. The lowest BCUT2D eigenvalue weighted by Gasteiger charge is -2.13. The summed E-state index contributed by atoms with van der Waals surface area (Å²) in [6, 6.07) is 18.9. The van der Waals surface area contributed by atoms with E-state index < -0.39 is 0 Å². The van der Waals surface area contributed by atoms with Gasteiger partial charge in [0.1, 0.15) is 11.5 Å². The van der Waals surface area contributed by atoms with E-state index in [0.717, 1.165) is 52.9 Å². The van der Waals surface area contributed by atoms with E-state index in [-0.39, 0.29) is 0 Å². The molecule has 0 spiro atoms. The van der Waals surface area contributed by atoms with Gasteiger partial charge in [0.25, 0.3) is 0 Å². The van der Waals surface area contributed by atoms with Gasteiger partial charge in [0.2, 0.25) is 0 Å². The first kappa shape index (κ1) is 19.3. The fraction of sp³-hybridized carbons (Fsp3) is 0.280. The van der Waals surface area contributed by atoms with Crippen LogP contribution in [0.5, 0.6) is 11.5 Å². The second-order valence-electron chi connectivity index (χ2n) is 7.23. The zero-order chi connectivity index (χ0) is 20.2. The van der Waals surface area contributed by atoms with E-state index in [2.05, 4.69) is 53.5 Å². The molecular weight excluding hydrogens is 360 g/mol. The zero-order valence-corrected chi connectivity index (χ0v) is 17.1. The molecule has 3 aromatic carbocycles. The number of aromatic amines is 1. The number of aromatic nitrogens is 1. The Bertz CT molecular complexity index is 1130. The summed E-state index contributed by atoms with van der Waals surface area (Å²) in [4.78, 5) is 3.65. The molecule has 4 heteroatoms. The van der Waals surface area contributed by atoms with Crippen molar-refractivity contribution in [2.75, 3.05) is 20.3 Å². The molecule has 0 bridgehead atoms. The van der Waals surface area contributed by atoms with Gasteiger partial charge in [0, 0.05) is 21.9 Å². The standard InChI is InChI=1S/C25H28N2O2/c1-3-29-18-12-14-23-22(16-18)20(10-6-7-15-26)24(27-23)21-13-11-17-8-4-5-9-19(17)25(21)28-2/h4-5,8-9,11-14,16,27H,3,6-7,10,15,26H2,1-2H3. The summed E-state index contributed by atoms with van der Waals surface area (Å²) < 4.78 is 11.6. The van der Waals surface area contributed by atoms with E-state index in [1.807, 2.05) is 13.0 Å². The van der Waals surface area contributed by atoms with Crippen molar-refractivity contribution >= 4 is 21.7 Å². The molecule has 3 N–H and O–H groups in total. The number of unbranched alkanes of at least 4 members (excludes halogenated alkanes) is 1. The normalized spacial score (nSPS) is 11.3. The van der Waals surface area contributed by atoms with Gasteiger partial charge in [-0.15, -0.1) is 0 Å². The predicted octanol–water partition coefficient (Wildman–Crippen LogP) is 5.68. The zero-order valence-electron chi connectivity index (χ0n) is 17.1. The highest BCUT2D eigenvalue weighted by Crippen LogP contribution is 2.41. The first-order valence-electron chi connectivity index (χ1n) is 10.3. The lowest BCUT2D eigenvalue weighted by atomic mass is 9.97. The third-order valence-electron chi connectivity index (χ3n) is 5.42. The van der Waals surface area contributed by atoms with Gasteiger partial charge in [0.15, 0.2) is 0 Å². The Morgan fingerprint density at radius 2 is 1.83 bits per heavy atom. The fourth-order valence-electron chi connectivity index (χ4n) is 4.08. The second kappa shape index (κ2) is 8.58. The van der Waals surface area contributed by atoms with Crippen molar-refractivity contribution in [3.63, 3.8) is 0 Å². The number of methoxy groups -OCH3 is 1. The van der Waals surface area contributed by atoms with Crippen LogP contribution in [0.2, 0.25) is 0 Å². The minimum atomic E-state index is 0.657. The smallest absolute Gasteiger partial charge is 0.136 e. The Labute approximate surface area is 171 Å². The molecule has 0 saturated heterocycles. The molecular formula is C25H28N2O2. The molecule has 0 atom stereocenters. The Balaban J connectivity index is 1.92. The minimum absolute atomic E-state index is 0.657. The van der Waals surface area contributed by atoms with Crippen molar-refractivity contribution < 1.29 is 9.47 Å². The fourth-order valence-corrected chi connectivity index (χ4v) is 4.08. The van der Waals surface area contributed by atoms with Crippen LogP contribution in [-0.2, 0) is 6.42 Å². The van der Waals surface area contributed by atoms with Crippen LogP contribution in [0.25, 0.3) is 32.9 Å². The highest BCUT2D eigenvalue weighted by molar-refractivity contribution is 5.98. The van der Waals surface area contributed by atoms with Gasteiger partial charge in [-0.1, -0.05) is 30.3 Å².